The molecule has 3 aliphatic heterocycles. The molecule has 12 nitrogen and oxygen atoms in total. The minimum Gasteiger partial charge on any atom is -0.490 e. The van der Waals surface area contributed by atoms with E-state index < -0.39 is 17.8 Å². The van der Waals surface area contributed by atoms with Crippen molar-refractivity contribution < 1.29 is 23.5 Å². The lowest BCUT2D eigenvalue weighted by molar-refractivity contribution is -0.136. The van der Waals surface area contributed by atoms with E-state index in [1.807, 2.05) is 42.1 Å². The lowest BCUT2D eigenvalue weighted by Gasteiger charge is -2.29. The molecule has 15 heteroatoms. The van der Waals surface area contributed by atoms with Crippen LogP contribution in [0.3, 0.4) is 0 Å². The molecule has 6 heterocycles. The van der Waals surface area contributed by atoms with E-state index >= 15 is 0 Å². The van der Waals surface area contributed by atoms with Crippen molar-refractivity contribution in [1.29, 1.82) is 0 Å². The van der Waals surface area contributed by atoms with Gasteiger partial charge in [0.1, 0.15) is 23.4 Å². The number of ether oxygens (including phenoxy) is 1. The molecule has 0 aliphatic carbocycles. The Morgan fingerprint density at radius 3 is 2.72 bits per heavy atom. The number of amides is 3. The molecule has 3 aromatic heterocycles. The number of aliphatic imine (C=N–C) groups is 1. The Morgan fingerprint density at radius 1 is 1.08 bits per heavy atom. The summed E-state index contributed by atoms with van der Waals surface area (Å²) in [4.78, 5) is 44.3. The monoisotopic (exact) mass is 750 g/mol. The number of halogens is 2. The lowest BCUT2D eigenvalue weighted by Crippen LogP contribution is -2.52. The van der Waals surface area contributed by atoms with Crippen LogP contribution in [-0.2, 0) is 29.2 Å². The molecule has 1 saturated heterocycles. The Bertz CT molecular complexity index is 2400. The number of aromatic nitrogens is 5. The van der Waals surface area contributed by atoms with Crippen LogP contribution in [0.15, 0.2) is 53.8 Å². The van der Waals surface area contributed by atoms with Crippen LogP contribution in [-0.4, -0.2) is 65.5 Å². The van der Waals surface area contributed by atoms with E-state index in [9.17, 15) is 18.8 Å². The second-order valence-electron chi connectivity index (χ2n) is 13.0. The average Bonchev–Trinajstić information content (AvgIpc) is 3.88. The number of thiophene rings is 1. The molecule has 53 heavy (non-hydrogen) atoms. The van der Waals surface area contributed by atoms with Crippen LogP contribution in [0.1, 0.15) is 80.4 Å². The molecule has 0 bridgehead atoms. The van der Waals surface area contributed by atoms with Crippen molar-refractivity contribution in [1.82, 2.24) is 34.8 Å². The number of benzene rings is 2. The maximum Gasteiger partial charge on any atom is 0.255 e. The first-order chi connectivity index (χ1) is 25.7. The smallest absolute Gasteiger partial charge is 0.255 e. The standard InChI is InChI=1S/C38H32ClFN8O4S/c1-21-30(53-38-33(21)34(24-6-8-25(39)9-7-24)41-18-31-45-44-22(2)48(31)38)13-5-23-17-42-46(19-23)15-3-4-16-52-35-27-20-47(29-12-14-32(49)43-36(29)50)37(51)26(27)10-11-28(35)40/h6-11,17,19,29H,3-4,12,14-16,18,20H2,1-2H3,(H,43,49,50). The van der Waals surface area contributed by atoms with Gasteiger partial charge in [0.15, 0.2) is 17.4 Å². The highest BCUT2D eigenvalue weighted by molar-refractivity contribution is 7.15. The van der Waals surface area contributed by atoms with Gasteiger partial charge in [-0.15, -0.1) is 21.5 Å². The summed E-state index contributed by atoms with van der Waals surface area (Å²) < 4.78 is 24.7. The molecule has 0 saturated carbocycles. The summed E-state index contributed by atoms with van der Waals surface area (Å²) in [7, 11) is 0. The van der Waals surface area contributed by atoms with Crippen molar-refractivity contribution in [3.05, 3.63) is 110 Å². The van der Waals surface area contributed by atoms with E-state index in [4.69, 9.17) is 21.3 Å². The number of carbonyl (C=O) groups is 3. The normalized spacial score (nSPS) is 16.3. The number of hydrogen-bond acceptors (Lipinski definition) is 9. The van der Waals surface area contributed by atoms with Gasteiger partial charge < -0.3 is 9.64 Å². The number of rotatable bonds is 8. The molecule has 1 N–H and O–H groups in total. The largest absolute Gasteiger partial charge is 0.490 e. The van der Waals surface area contributed by atoms with E-state index in [2.05, 4.69) is 43.9 Å². The summed E-state index contributed by atoms with van der Waals surface area (Å²) in [6.07, 6.45) is 5.30. The molecule has 1 atom stereocenters. The van der Waals surface area contributed by atoms with E-state index in [1.54, 1.807) is 17.5 Å². The fourth-order valence-corrected chi connectivity index (χ4v) is 8.23. The van der Waals surface area contributed by atoms with Crippen LogP contribution >= 0.6 is 22.9 Å². The molecule has 0 spiro atoms. The zero-order chi connectivity index (χ0) is 36.8. The highest BCUT2D eigenvalue weighted by atomic mass is 35.5. The maximum atomic E-state index is 14.9. The number of hydrogen-bond donors (Lipinski definition) is 1. The predicted octanol–water partition coefficient (Wildman–Crippen LogP) is 5.31. The Morgan fingerprint density at radius 2 is 1.91 bits per heavy atom. The summed E-state index contributed by atoms with van der Waals surface area (Å²) in [6.45, 7) is 5.26. The van der Waals surface area contributed by atoms with Gasteiger partial charge in [-0.3, -0.25) is 33.9 Å². The van der Waals surface area contributed by atoms with Gasteiger partial charge in [-0.25, -0.2) is 4.39 Å². The fourth-order valence-electron chi connectivity index (χ4n) is 6.87. The van der Waals surface area contributed by atoms with Crippen LogP contribution in [0.5, 0.6) is 5.75 Å². The lowest BCUT2D eigenvalue weighted by atomic mass is 10.00. The van der Waals surface area contributed by atoms with Crippen LogP contribution in [0.4, 0.5) is 4.39 Å². The third-order valence-corrected chi connectivity index (χ3v) is 11.0. The second-order valence-corrected chi connectivity index (χ2v) is 14.4. The number of unbranched alkanes of at least 4 members (excludes halogenated alkanes) is 1. The number of piperidine rings is 1. The second kappa shape index (κ2) is 14.1. The average molecular weight is 751 g/mol. The van der Waals surface area contributed by atoms with Crippen molar-refractivity contribution in [2.75, 3.05) is 6.61 Å². The molecule has 0 radical (unpaired) electrons. The van der Waals surface area contributed by atoms with Gasteiger partial charge in [-0.2, -0.15) is 5.10 Å². The van der Waals surface area contributed by atoms with Crippen molar-refractivity contribution >= 4 is 46.4 Å². The molecule has 1 unspecified atom stereocenters. The van der Waals surface area contributed by atoms with Gasteiger partial charge in [-0.05, 0) is 62.9 Å². The Hall–Kier alpha value is -5.65. The van der Waals surface area contributed by atoms with Gasteiger partial charge in [-0.1, -0.05) is 35.6 Å². The van der Waals surface area contributed by atoms with Crippen molar-refractivity contribution in [2.45, 2.75) is 65.2 Å². The van der Waals surface area contributed by atoms with Crippen LogP contribution in [0.25, 0.3) is 5.00 Å². The molecule has 5 aromatic rings. The number of aryl methyl sites for hydroxylation is 2. The van der Waals surface area contributed by atoms with E-state index in [-0.39, 0.29) is 43.6 Å². The Labute approximate surface area is 312 Å². The molecule has 2 aromatic carbocycles. The number of nitrogens with zero attached hydrogens (tertiary/aromatic N) is 7. The minimum absolute atomic E-state index is 0.0192. The minimum atomic E-state index is -0.786. The van der Waals surface area contributed by atoms with Gasteiger partial charge in [0, 0.05) is 46.4 Å². The quantitative estimate of drug-likeness (QED) is 0.129. The first-order valence-corrected chi connectivity index (χ1v) is 18.3. The van der Waals surface area contributed by atoms with Crippen LogP contribution in [0.2, 0.25) is 5.02 Å². The fraction of sp³-hybridized carbons (Fsp3) is 0.289. The van der Waals surface area contributed by atoms with Crippen LogP contribution < -0.4 is 10.1 Å². The summed E-state index contributed by atoms with van der Waals surface area (Å²) >= 11 is 7.77. The van der Waals surface area contributed by atoms with Gasteiger partial charge >= 0.3 is 0 Å². The Balaban J connectivity index is 0.916. The summed E-state index contributed by atoms with van der Waals surface area (Å²) in [5.74, 6) is 6.37. The first-order valence-electron chi connectivity index (χ1n) is 17.1. The maximum absolute atomic E-state index is 14.9. The molecule has 268 valence electrons. The molecule has 3 aliphatic rings. The van der Waals surface area contributed by atoms with Gasteiger partial charge in [0.05, 0.1) is 35.5 Å². The topological polar surface area (TPSA) is 137 Å². The van der Waals surface area contributed by atoms with E-state index in [0.717, 1.165) is 49.5 Å². The Kier molecular flexibility index (Phi) is 9.13. The van der Waals surface area contributed by atoms with Crippen molar-refractivity contribution in [3.63, 3.8) is 0 Å². The van der Waals surface area contributed by atoms with Crippen molar-refractivity contribution in [3.8, 4) is 22.6 Å². The molecular formula is C38H32ClFN8O4S. The van der Waals surface area contributed by atoms with Gasteiger partial charge in [0.25, 0.3) is 5.91 Å². The summed E-state index contributed by atoms with van der Waals surface area (Å²) in [5, 5.41) is 17.1. The molecular weight excluding hydrogens is 719 g/mol. The predicted molar refractivity (Wildman–Crippen MR) is 195 cm³/mol. The number of imide groups is 1. The molecule has 8 rings (SSSR count). The first kappa shape index (κ1) is 34.4. The summed E-state index contributed by atoms with van der Waals surface area (Å²) in [5.41, 5.74) is 5.33. The van der Waals surface area contributed by atoms with E-state index in [0.29, 0.717) is 42.1 Å². The van der Waals surface area contributed by atoms with Crippen LogP contribution in [0, 0.1) is 31.5 Å². The van der Waals surface area contributed by atoms with Gasteiger partial charge in [0.2, 0.25) is 11.8 Å². The third-order valence-electron chi connectivity index (χ3n) is 9.56. The zero-order valence-corrected chi connectivity index (χ0v) is 30.4. The zero-order valence-electron chi connectivity index (χ0n) is 28.8. The SMILES string of the molecule is Cc1c(C#Cc2cnn(CCCCOc3c(F)ccc4c3CN(C3CCC(=O)NC3=O)C4=O)c2)sc2c1C(c1ccc(Cl)cc1)=NCc1nnc(C)n1-2. The highest BCUT2D eigenvalue weighted by Crippen LogP contribution is 2.37. The highest BCUT2D eigenvalue weighted by Gasteiger charge is 2.41. The third kappa shape index (κ3) is 6.51. The number of fused-ring (bicyclic) bond motifs is 4. The number of carbonyl (C=O) groups excluding carboxylic acids is 3. The number of nitrogens with one attached hydrogen (secondary N) is 1. The van der Waals surface area contributed by atoms with Crippen molar-refractivity contribution in [2.24, 2.45) is 4.99 Å². The van der Waals surface area contributed by atoms with E-state index in [1.165, 1.54) is 17.0 Å². The molecule has 1 fully saturated rings. The molecule has 3 amide bonds. The summed E-state index contributed by atoms with van der Waals surface area (Å²) in [6, 6.07) is 9.51.